The Hall–Kier alpha value is -1.10. The molecule has 1 saturated carbocycles. The summed E-state index contributed by atoms with van der Waals surface area (Å²) in [5.74, 6) is -0.630. The average molecular weight is 256 g/mol. The van der Waals surface area contributed by atoms with Crippen LogP contribution in [0.3, 0.4) is 0 Å². The van der Waals surface area contributed by atoms with Gasteiger partial charge in [0, 0.05) is 19.5 Å². The Morgan fingerprint density at radius 2 is 2.00 bits per heavy atom. The Balaban J connectivity index is 2.20. The van der Waals surface area contributed by atoms with Crippen LogP contribution < -0.4 is 10.6 Å². The maximum Gasteiger partial charge on any atom is 0.306 e. The van der Waals surface area contributed by atoms with E-state index in [4.69, 9.17) is 5.11 Å². The molecule has 5 heteroatoms. The Kier molecular flexibility index (Phi) is 6.72. The lowest BCUT2D eigenvalue weighted by Crippen LogP contribution is -2.36. The molecule has 0 aromatic carbocycles. The molecule has 1 aliphatic rings. The minimum absolute atomic E-state index is 0.0448. The standard InChI is InChI=1S/C13H24N2O3/c1-2-15-12(16)7-8-14-9-10-5-3-4-6-11(10)13(17)18/h10-11,14H,2-9H2,1H3,(H,15,16)(H,17,18). The van der Waals surface area contributed by atoms with Crippen LogP contribution in [0.15, 0.2) is 0 Å². The third kappa shape index (κ3) is 5.04. The highest BCUT2D eigenvalue weighted by Crippen LogP contribution is 2.29. The molecule has 18 heavy (non-hydrogen) atoms. The monoisotopic (exact) mass is 256 g/mol. The maximum atomic E-state index is 11.2. The van der Waals surface area contributed by atoms with E-state index in [1.54, 1.807) is 0 Å². The topological polar surface area (TPSA) is 78.4 Å². The summed E-state index contributed by atoms with van der Waals surface area (Å²) in [7, 11) is 0. The number of rotatable bonds is 7. The quantitative estimate of drug-likeness (QED) is 0.594. The van der Waals surface area contributed by atoms with E-state index in [0.717, 1.165) is 25.7 Å². The minimum atomic E-state index is -0.676. The second kappa shape index (κ2) is 8.08. The summed E-state index contributed by atoms with van der Waals surface area (Å²) in [6.45, 7) is 3.87. The lowest BCUT2D eigenvalue weighted by Gasteiger charge is -2.28. The zero-order valence-electron chi connectivity index (χ0n) is 11.1. The molecule has 1 rings (SSSR count). The molecule has 0 spiro atoms. The van der Waals surface area contributed by atoms with Gasteiger partial charge in [0.25, 0.3) is 0 Å². The van der Waals surface area contributed by atoms with Gasteiger partial charge in [0.2, 0.25) is 5.91 Å². The van der Waals surface area contributed by atoms with Crippen LogP contribution in [0, 0.1) is 11.8 Å². The van der Waals surface area contributed by atoms with Crippen molar-refractivity contribution in [2.45, 2.75) is 39.0 Å². The predicted molar refractivity (Wildman–Crippen MR) is 69.3 cm³/mol. The molecule has 0 bridgehead atoms. The fourth-order valence-electron chi connectivity index (χ4n) is 2.55. The SMILES string of the molecule is CCNC(=O)CCNCC1CCCCC1C(=O)O. The van der Waals surface area contributed by atoms with Crippen LogP contribution in [0.5, 0.6) is 0 Å². The number of hydrogen-bond acceptors (Lipinski definition) is 3. The van der Waals surface area contributed by atoms with E-state index in [-0.39, 0.29) is 17.7 Å². The number of carboxylic acids is 1. The number of hydrogen-bond donors (Lipinski definition) is 3. The molecule has 1 fully saturated rings. The summed E-state index contributed by atoms with van der Waals surface area (Å²) < 4.78 is 0. The van der Waals surface area contributed by atoms with Gasteiger partial charge in [0.05, 0.1) is 5.92 Å². The van der Waals surface area contributed by atoms with E-state index in [0.29, 0.717) is 26.1 Å². The fourth-order valence-corrected chi connectivity index (χ4v) is 2.55. The molecule has 0 radical (unpaired) electrons. The molecule has 0 heterocycles. The molecular formula is C13H24N2O3. The van der Waals surface area contributed by atoms with E-state index in [1.807, 2.05) is 6.92 Å². The van der Waals surface area contributed by atoms with Gasteiger partial charge in [-0.2, -0.15) is 0 Å². The summed E-state index contributed by atoms with van der Waals surface area (Å²) >= 11 is 0. The summed E-state index contributed by atoms with van der Waals surface area (Å²) in [5, 5.41) is 15.1. The van der Waals surface area contributed by atoms with Crippen molar-refractivity contribution in [2.24, 2.45) is 11.8 Å². The van der Waals surface area contributed by atoms with Crippen molar-refractivity contribution in [3.05, 3.63) is 0 Å². The van der Waals surface area contributed by atoms with Crippen molar-refractivity contribution in [3.63, 3.8) is 0 Å². The van der Waals surface area contributed by atoms with Crippen LogP contribution in [-0.2, 0) is 9.59 Å². The van der Waals surface area contributed by atoms with Crippen LogP contribution >= 0.6 is 0 Å². The van der Waals surface area contributed by atoms with Crippen LogP contribution in [0.2, 0.25) is 0 Å². The van der Waals surface area contributed by atoms with Gasteiger partial charge in [-0.1, -0.05) is 12.8 Å². The Labute approximate surface area is 108 Å². The zero-order valence-corrected chi connectivity index (χ0v) is 11.1. The highest BCUT2D eigenvalue weighted by atomic mass is 16.4. The maximum absolute atomic E-state index is 11.2. The molecule has 104 valence electrons. The van der Waals surface area contributed by atoms with Gasteiger partial charge in [-0.25, -0.2) is 0 Å². The molecule has 5 nitrogen and oxygen atoms in total. The molecule has 0 aromatic heterocycles. The number of carboxylic acid groups (broad SMARTS) is 1. The smallest absolute Gasteiger partial charge is 0.306 e. The highest BCUT2D eigenvalue weighted by molar-refractivity contribution is 5.75. The van der Waals surface area contributed by atoms with Crippen LogP contribution in [-0.4, -0.2) is 36.6 Å². The predicted octanol–water partition coefficient (Wildman–Crippen LogP) is 0.993. The summed E-state index contributed by atoms with van der Waals surface area (Å²) in [6.07, 6.45) is 4.36. The van der Waals surface area contributed by atoms with Crippen molar-refractivity contribution >= 4 is 11.9 Å². The molecule has 0 aromatic rings. The minimum Gasteiger partial charge on any atom is -0.481 e. The fraction of sp³-hybridized carbons (Fsp3) is 0.846. The van der Waals surface area contributed by atoms with Gasteiger partial charge in [0.1, 0.15) is 0 Å². The summed E-state index contributed by atoms with van der Waals surface area (Å²) in [5.41, 5.74) is 0. The Morgan fingerprint density at radius 1 is 1.28 bits per heavy atom. The van der Waals surface area contributed by atoms with Gasteiger partial charge < -0.3 is 15.7 Å². The second-order valence-electron chi connectivity index (χ2n) is 4.90. The first-order valence-electron chi connectivity index (χ1n) is 6.85. The number of carbonyl (C=O) groups is 2. The Morgan fingerprint density at radius 3 is 2.67 bits per heavy atom. The van der Waals surface area contributed by atoms with Crippen LogP contribution in [0.4, 0.5) is 0 Å². The molecular weight excluding hydrogens is 232 g/mol. The van der Waals surface area contributed by atoms with Gasteiger partial charge in [0.15, 0.2) is 0 Å². The van der Waals surface area contributed by atoms with Crippen molar-refractivity contribution < 1.29 is 14.7 Å². The third-order valence-corrected chi connectivity index (χ3v) is 3.54. The van der Waals surface area contributed by atoms with Crippen LogP contribution in [0.25, 0.3) is 0 Å². The zero-order chi connectivity index (χ0) is 13.4. The number of amides is 1. The molecule has 0 aliphatic heterocycles. The van der Waals surface area contributed by atoms with Crippen LogP contribution in [0.1, 0.15) is 39.0 Å². The Bertz CT molecular complexity index is 281. The lowest BCUT2D eigenvalue weighted by molar-refractivity contribution is -0.144. The van der Waals surface area contributed by atoms with E-state index < -0.39 is 5.97 Å². The van der Waals surface area contributed by atoms with E-state index in [1.165, 1.54) is 0 Å². The molecule has 2 unspecified atom stereocenters. The number of carbonyl (C=O) groups excluding carboxylic acids is 1. The van der Waals surface area contributed by atoms with E-state index in [2.05, 4.69) is 10.6 Å². The van der Waals surface area contributed by atoms with Gasteiger partial charge >= 0.3 is 5.97 Å². The lowest BCUT2D eigenvalue weighted by atomic mass is 9.79. The van der Waals surface area contributed by atoms with E-state index in [9.17, 15) is 9.59 Å². The van der Waals surface area contributed by atoms with Crippen molar-refractivity contribution in [1.82, 2.24) is 10.6 Å². The second-order valence-corrected chi connectivity index (χ2v) is 4.90. The molecule has 3 N–H and O–H groups in total. The normalized spacial score (nSPS) is 23.6. The molecule has 1 amide bonds. The van der Waals surface area contributed by atoms with Gasteiger partial charge in [-0.3, -0.25) is 9.59 Å². The summed E-state index contributed by atoms with van der Waals surface area (Å²) in [6, 6.07) is 0. The van der Waals surface area contributed by atoms with Gasteiger partial charge in [-0.05, 0) is 32.2 Å². The molecule has 2 atom stereocenters. The first kappa shape index (κ1) is 15.0. The van der Waals surface area contributed by atoms with Crippen molar-refractivity contribution in [2.75, 3.05) is 19.6 Å². The molecule has 0 saturated heterocycles. The average Bonchev–Trinajstić information content (AvgIpc) is 2.35. The van der Waals surface area contributed by atoms with Gasteiger partial charge in [-0.15, -0.1) is 0 Å². The first-order chi connectivity index (χ1) is 8.65. The first-order valence-corrected chi connectivity index (χ1v) is 6.85. The number of aliphatic carboxylic acids is 1. The summed E-state index contributed by atoms with van der Waals surface area (Å²) in [4.78, 5) is 22.3. The largest absolute Gasteiger partial charge is 0.481 e. The van der Waals surface area contributed by atoms with Crippen molar-refractivity contribution in [3.8, 4) is 0 Å². The highest BCUT2D eigenvalue weighted by Gasteiger charge is 2.30. The third-order valence-electron chi connectivity index (χ3n) is 3.54. The number of nitrogens with one attached hydrogen (secondary N) is 2. The molecule has 1 aliphatic carbocycles. The van der Waals surface area contributed by atoms with E-state index >= 15 is 0 Å². The van der Waals surface area contributed by atoms with Crippen molar-refractivity contribution in [1.29, 1.82) is 0 Å².